The number of hydrogen-bond acceptors (Lipinski definition) is 0. The van der Waals surface area contributed by atoms with Crippen LogP contribution in [0.1, 0.15) is 16.7 Å². The average molecular weight is 857 g/mol. The number of para-hydroxylation sites is 1. The van der Waals surface area contributed by atoms with Crippen LogP contribution in [0.25, 0.3) is 99.2 Å². The molecule has 0 atom stereocenters. The molecule has 3 heteroatoms. The van der Waals surface area contributed by atoms with E-state index in [4.69, 9.17) is 0 Å². The molecule has 0 radical (unpaired) electrons. The molecular weight excluding hydrogens is 811 g/mol. The van der Waals surface area contributed by atoms with Gasteiger partial charge in [0.05, 0.1) is 16.5 Å². The second kappa shape index (κ2) is 16.2. The van der Waals surface area contributed by atoms with E-state index in [0.29, 0.717) is 0 Å². The maximum Gasteiger partial charge on any atom is 0.221 e. The molecule has 67 heavy (non-hydrogen) atoms. The van der Waals surface area contributed by atoms with Crippen molar-refractivity contribution in [3.05, 3.63) is 260 Å². The fourth-order valence-electron chi connectivity index (χ4n) is 10.7. The number of hydrogen-bond donors (Lipinski definition) is 0. The summed E-state index contributed by atoms with van der Waals surface area (Å²) in [5, 5.41) is 8.02. The van der Waals surface area contributed by atoms with Gasteiger partial charge in [-0.05, 0) is 86.6 Å². The molecule has 0 saturated carbocycles. The number of benzene rings is 9. The van der Waals surface area contributed by atoms with Crippen LogP contribution in [0, 0.1) is 0 Å². The third-order valence-electron chi connectivity index (χ3n) is 14.0. The Morgan fingerprint density at radius 2 is 0.881 bits per heavy atom. The molecule has 3 aliphatic rings. The van der Waals surface area contributed by atoms with Crippen LogP contribution in [0.15, 0.2) is 243 Å². The summed E-state index contributed by atoms with van der Waals surface area (Å²) >= 11 is 0. The largest absolute Gasteiger partial charge is 0.221 e. The smallest absolute Gasteiger partial charge is 0.193 e. The molecule has 0 unspecified atom stereocenters. The van der Waals surface area contributed by atoms with Crippen LogP contribution in [-0.4, -0.2) is 0 Å². The van der Waals surface area contributed by atoms with Crippen molar-refractivity contribution >= 4 is 43.4 Å². The van der Waals surface area contributed by atoms with E-state index < -0.39 is 0 Å². The molecule has 12 aromatic rings. The molecule has 0 aliphatic carbocycles. The molecule has 3 nitrogen and oxygen atoms in total. The molecule has 3 aromatic heterocycles. The van der Waals surface area contributed by atoms with Gasteiger partial charge in [0.25, 0.3) is 0 Å². The zero-order valence-corrected chi connectivity index (χ0v) is 37.1. The molecule has 0 amide bonds. The van der Waals surface area contributed by atoms with Crippen LogP contribution >= 0.6 is 0 Å². The van der Waals surface area contributed by atoms with Crippen LogP contribution < -0.4 is 13.7 Å². The van der Waals surface area contributed by atoms with Gasteiger partial charge in [-0.25, -0.2) is 0 Å². The Morgan fingerprint density at radius 1 is 0.313 bits per heavy atom. The van der Waals surface area contributed by atoms with E-state index >= 15 is 0 Å². The van der Waals surface area contributed by atoms with Crippen molar-refractivity contribution in [2.24, 2.45) is 0 Å². The predicted molar refractivity (Wildman–Crippen MR) is 274 cm³/mol. The van der Waals surface area contributed by atoms with Crippen LogP contribution in [-0.2, 0) is 19.6 Å². The maximum atomic E-state index is 2.43. The van der Waals surface area contributed by atoms with Crippen molar-refractivity contribution < 1.29 is 13.7 Å². The first-order valence-corrected chi connectivity index (χ1v) is 23.3. The third-order valence-corrected chi connectivity index (χ3v) is 14.0. The summed E-state index contributed by atoms with van der Waals surface area (Å²) in [5.74, 6) is 0. The molecular formula is C64H46N3+3. The highest BCUT2D eigenvalue weighted by atomic mass is 15.0. The van der Waals surface area contributed by atoms with Crippen LogP contribution in [0.2, 0.25) is 0 Å². The van der Waals surface area contributed by atoms with Gasteiger partial charge < -0.3 is 0 Å². The first-order valence-electron chi connectivity index (χ1n) is 23.3. The number of nitrogens with zero attached hydrogens (tertiary/aromatic N) is 3. The summed E-state index contributed by atoms with van der Waals surface area (Å²) in [4.78, 5) is 0. The van der Waals surface area contributed by atoms with Gasteiger partial charge in [-0.3, -0.25) is 0 Å². The average Bonchev–Trinajstić information content (AvgIpc) is 4.10. The maximum absolute atomic E-state index is 2.43. The summed E-state index contributed by atoms with van der Waals surface area (Å²) in [6.07, 6.45) is 4.46. The minimum absolute atomic E-state index is 0.959. The second-order valence-electron chi connectivity index (χ2n) is 18.0. The van der Waals surface area contributed by atoms with Crippen LogP contribution in [0.3, 0.4) is 0 Å². The van der Waals surface area contributed by atoms with Crippen molar-refractivity contribution in [2.45, 2.75) is 19.6 Å². The number of rotatable bonds is 3. The molecule has 0 saturated heterocycles. The van der Waals surface area contributed by atoms with E-state index in [2.05, 4.69) is 257 Å². The van der Waals surface area contributed by atoms with Gasteiger partial charge in [-0.2, -0.15) is 13.7 Å². The van der Waals surface area contributed by atoms with Crippen LogP contribution in [0.5, 0.6) is 0 Å². The van der Waals surface area contributed by atoms with Gasteiger partial charge in [0.2, 0.25) is 22.4 Å². The summed E-state index contributed by atoms with van der Waals surface area (Å²) in [6.45, 7) is 2.91. The van der Waals surface area contributed by atoms with Gasteiger partial charge >= 0.3 is 0 Å². The van der Waals surface area contributed by atoms with Gasteiger partial charge in [0.15, 0.2) is 32.0 Å². The lowest BCUT2D eigenvalue weighted by Gasteiger charge is -2.06. The zero-order valence-electron chi connectivity index (χ0n) is 37.1. The SMILES string of the molecule is c1ccc(-c2ccc3c(c2)-c2cc4ccccc4c[n+]2C3)cc1.c1ccc(-c2ccc3c(c2)-c2ccc4ccccc4[n+]2C3)cc1.c1ccc(-c2ccc3c4c2ccc2ccc[n+](c24)C3)cc1. The molecule has 0 N–H and O–H groups in total. The van der Waals surface area contributed by atoms with E-state index in [1.165, 1.54) is 116 Å². The second-order valence-corrected chi connectivity index (χ2v) is 18.0. The first-order chi connectivity index (χ1) is 33.2. The molecule has 0 fully saturated rings. The Morgan fingerprint density at radius 3 is 1.61 bits per heavy atom. The Labute approximate surface area is 390 Å². The topological polar surface area (TPSA) is 11.6 Å². The fourth-order valence-corrected chi connectivity index (χ4v) is 10.7. The van der Waals surface area contributed by atoms with E-state index in [1.54, 1.807) is 0 Å². The molecule has 15 rings (SSSR count). The highest BCUT2D eigenvalue weighted by molar-refractivity contribution is 6.11. The Hall–Kier alpha value is -8.53. The van der Waals surface area contributed by atoms with Crippen LogP contribution in [0.4, 0.5) is 0 Å². The minimum atomic E-state index is 0.959. The summed E-state index contributed by atoms with van der Waals surface area (Å²) in [6, 6.07) is 83.0. The number of aromatic nitrogens is 3. The van der Waals surface area contributed by atoms with Crippen molar-refractivity contribution in [1.82, 2.24) is 0 Å². The number of pyridine rings is 3. The predicted octanol–water partition coefficient (Wildman–Crippen LogP) is 14.0. The minimum Gasteiger partial charge on any atom is -0.193 e. The standard InChI is InChI=1S/2C22H16N.C20H14N/c1-2-6-16(7-3-1)18-10-11-20-15-23-14-19-9-5-4-8-17(19)13-22(23)21(20)12-18;1-2-6-16(7-3-1)18-10-11-19-15-23-21-9-5-4-8-17(21)12-13-22(23)20(19)14-18;1-2-5-14(6-3-1)17-10-9-16-13-21-12-4-7-15-8-11-18(17)19(16)20(15)21/h2*1-14H,15H2;1-12H,13H2/q3*+1. The highest BCUT2D eigenvalue weighted by Crippen LogP contribution is 2.38. The number of fused-ring (bicyclic) bond motifs is 9. The van der Waals surface area contributed by atoms with Gasteiger partial charge in [0, 0.05) is 57.1 Å². The molecule has 314 valence electrons. The monoisotopic (exact) mass is 856 g/mol. The summed E-state index contributed by atoms with van der Waals surface area (Å²) < 4.78 is 7.15. The molecule has 0 spiro atoms. The Balaban J connectivity index is 0.0000000999. The summed E-state index contributed by atoms with van der Waals surface area (Å²) in [5.41, 5.74) is 20.0. The Kier molecular flexibility index (Phi) is 9.38. The van der Waals surface area contributed by atoms with E-state index in [-0.39, 0.29) is 0 Å². The molecule has 0 bridgehead atoms. The molecule has 6 heterocycles. The third kappa shape index (κ3) is 6.87. The normalized spacial score (nSPS) is 12.3. The van der Waals surface area contributed by atoms with E-state index in [9.17, 15) is 0 Å². The lowest BCUT2D eigenvalue weighted by Crippen LogP contribution is -2.33. The Bertz CT molecular complexity index is 3820. The van der Waals surface area contributed by atoms with Gasteiger partial charge in [0.1, 0.15) is 0 Å². The first kappa shape index (κ1) is 38.9. The van der Waals surface area contributed by atoms with Crippen molar-refractivity contribution in [2.75, 3.05) is 0 Å². The lowest BCUT2D eigenvalue weighted by molar-refractivity contribution is -0.670. The van der Waals surface area contributed by atoms with Crippen molar-refractivity contribution in [3.8, 4) is 55.9 Å². The lowest BCUT2D eigenvalue weighted by atomic mass is 9.95. The van der Waals surface area contributed by atoms with Gasteiger partial charge in [-0.1, -0.05) is 164 Å². The van der Waals surface area contributed by atoms with Crippen molar-refractivity contribution in [3.63, 3.8) is 0 Å². The quantitative estimate of drug-likeness (QED) is 0.124. The van der Waals surface area contributed by atoms with Gasteiger partial charge in [-0.15, -0.1) is 0 Å². The van der Waals surface area contributed by atoms with E-state index in [0.717, 1.165) is 19.6 Å². The summed E-state index contributed by atoms with van der Waals surface area (Å²) in [7, 11) is 0. The fraction of sp³-hybridized carbons (Fsp3) is 0.0469. The molecule has 3 aliphatic heterocycles. The van der Waals surface area contributed by atoms with E-state index in [1.807, 2.05) is 0 Å². The zero-order chi connectivity index (χ0) is 44.3. The highest BCUT2D eigenvalue weighted by Gasteiger charge is 2.29. The molecule has 9 aromatic carbocycles. The van der Waals surface area contributed by atoms with Crippen molar-refractivity contribution in [1.29, 1.82) is 0 Å².